The summed E-state index contributed by atoms with van der Waals surface area (Å²) in [5.74, 6) is -2.72. The van der Waals surface area contributed by atoms with Crippen molar-refractivity contribution in [2.75, 3.05) is 27.2 Å². The number of carbonyl (C=O) groups excluding carboxylic acids is 3. The van der Waals surface area contributed by atoms with E-state index in [2.05, 4.69) is 0 Å². The van der Waals surface area contributed by atoms with E-state index in [1.165, 1.54) is 0 Å². The van der Waals surface area contributed by atoms with Crippen LogP contribution in [-0.2, 0) is 9.59 Å². The lowest BCUT2D eigenvalue weighted by Gasteiger charge is -2.27. The van der Waals surface area contributed by atoms with E-state index in [4.69, 9.17) is 4.42 Å². The number of fused-ring (bicyclic) bond motifs is 1. The molecule has 1 amide bonds. The van der Waals surface area contributed by atoms with E-state index in [1.54, 1.807) is 17.0 Å². The number of benzene rings is 2. The zero-order valence-electron chi connectivity index (χ0n) is 17.1. The minimum atomic E-state index is -1.11. The summed E-state index contributed by atoms with van der Waals surface area (Å²) in [6, 6.07) is 17.6. The van der Waals surface area contributed by atoms with Gasteiger partial charge in [-0.1, -0.05) is 48.5 Å². The Balaban J connectivity index is 1.71. The van der Waals surface area contributed by atoms with Crippen LogP contribution in [0.15, 0.2) is 65.1 Å². The van der Waals surface area contributed by atoms with Crippen LogP contribution in [0.1, 0.15) is 28.6 Å². The first-order valence-electron chi connectivity index (χ1n) is 10.0. The fourth-order valence-corrected chi connectivity index (χ4v) is 4.06. The molecule has 154 valence electrons. The maximum atomic E-state index is 13.4. The van der Waals surface area contributed by atoms with Crippen molar-refractivity contribution in [3.05, 3.63) is 72.0 Å². The standard InChI is InChI=1S/C24H24N2O4/c1-25(2)13-8-14-26-21(16-9-4-3-5-10-16)20(23(28)24(26)29)22(27)19-15-17-11-6-7-12-18(17)30-19/h3-7,9-12,15,20-21H,8,13-14H2,1-2H3. The molecule has 1 saturated heterocycles. The highest BCUT2D eigenvalue weighted by molar-refractivity contribution is 6.43. The second kappa shape index (κ2) is 8.24. The Morgan fingerprint density at radius 3 is 2.43 bits per heavy atom. The minimum Gasteiger partial charge on any atom is -0.453 e. The van der Waals surface area contributed by atoms with Crippen LogP contribution < -0.4 is 0 Å². The van der Waals surface area contributed by atoms with Crippen molar-refractivity contribution in [1.29, 1.82) is 0 Å². The lowest BCUT2D eigenvalue weighted by atomic mass is 9.88. The number of nitrogens with zero attached hydrogens (tertiary/aromatic N) is 2. The van der Waals surface area contributed by atoms with Gasteiger partial charge in [0.15, 0.2) is 5.76 Å². The number of likely N-dealkylation sites (tertiary alicyclic amines) is 1. The number of hydrogen-bond acceptors (Lipinski definition) is 5. The van der Waals surface area contributed by atoms with Crippen molar-refractivity contribution >= 4 is 28.4 Å². The third-order valence-corrected chi connectivity index (χ3v) is 5.50. The summed E-state index contributed by atoms with van der Waals surface area (Å²) < 4.78 is 5.72. The summed E-state index contributed by atoms with van der Waals surface area (Å²) in [5, 5.41) is 0.789. The molecule has 2 heterocycles. The first-order chi connectivity index (χ1) is 14.5. The zero-order valence-corrected chi connectivity index (χ0v) is 17.1. The second-order valence-electron chi connectivity index (χ2n) is 7.87. The molecule has 2 atom stereocenters. The molecule has 2 unspecified atom stereocenters. The molecule has 0 radical (unpaired) electrons. The van der Waals surface area contributed by atoms with E-state index in [9.17, 15) is 14.4 Å². The van der Waals surface area contributed by atoms with Gasteiger partial charge in [-0.15, -0.1) is 0 Å². The molecule has 0 saturated carbocycles. The number of hydrogen-bond donors (Lipinski definition) is 0. The van der Waals surface area contributed by atoms with Crippen molar-refractivity contribution in [2.45, 2.75) is 12.5 Å². The molecule has 4 rings (SSSR count). The Kier molecular flexibility index (Phi) is 5.50. The summed E-state index contributed by atoms with van der Waals surface area (Å²) in [4.78, 5) is 42.8. The first kappa shape index (κ1) is 20.0. The largest absolute Gasteiger partial charge is 0.453 e. The van der Waals surface area contributed by atoms with Gasteiger partial charge in [-0.2, -0.15) is 0 Å². The number of ketones is 2. The maximum absolute atomic E-state index is 13.4. The minimum absolute atomic E-state index is 0.110. The summed E-state index contributed by atoms with van der Waals surface area (Å²) in [6.07, 6.45) is 0.709. The van der Waals surface area contributed by atoms with Crippen molar-refractivity contribution in [3.63, 3.8) is 0 Å². The fraction of sp³-hybridized carbons (Fsp3) is 0.292. The van der Waals surface area contributed by atoms with Crippen molar-refractivity contribution in [2.24, 2.45) is 5.92 Å². The quantitative estimate of drug-likeness (QED) is 0.343. The third-order valence-electron chi connectivity index (χ3n) is 5.50. The van der Waals surface area contributed by atoms with E-state index in [0.29, 0.717) is 18.5 Å². The summed E-state index contributed by atoms with van der Waals surface area (Å²) in [5.41, 5.74) is 1.35. The molecule has 1 aliphatic heterocycles. The topological polar surface area (TPSA) is 70.8 Å². The SMILES string of the molecule is CN(C)CCCN1C(=O)C(=O)C(C(=O)c2cc3ccccc3o2)C1c1ccccc1. The first-order valence-corrected chi connectivity index (χ1v) is 10.0. The molecule has 6 nitrogen and oxygen atoms in total. The van der Waals surface area contributed by atoms with Gasteiger partial charge in [0.1, 0.15) is 11.5 Å². The fourth-order valence-electron chi connectivity index (χ4n) is 4.06. The van der Waals surface area contributed by atoms with Crippen LogP contribution in [0.2, 0.25) is 0 Å². The molecule has 0 N–H and O–H groups in total. The van der Waals surface area contributed by atoms with E-state index >= 15 is 0 Å². The van der Waals surface area contributed by atoms with E-state index < -0.39 is 29.4 Å². The van der Waals surface area contributed by atoms with Crippen LogP contribution >= 0.6 is 0 Å². The Morgan fingerprint density at radius 1 is 1.03 bits per heavy atom. The van der Waals surface area contributed by atoms with Gasteiger partial charge in [-0.3, -0.25) is 14.4 Å². The average molecular weight is 404 g/mol. The Bertz CT molecular complexity index is 1050. The molecule has 6 heteroatoms. The number of para-hydroxylation sites is 1. The lowest BCUT2D eigenvalue weighted by molar-refractivity contribution is -0.140. The number of carbonyl (C=O) groups is 3. The van der Waals surface area contributed by atoms with Crippen molar-refractivity contribution in [1.82, 2.24) is 9.80 Å². The zero-order chi connectivity index (χ0) is 21.3. The van der Waals surface area contributed by atoms with Crippen molar-refractivity contribution in [3.8, 4) is 0 Å². The van der Waals surface area contributed by atoms with Crippen LogP contribution in [0.25, 0.3) is 11.0 Å². The van der Waals surface area contributed by atoms with Crippen LogP contribution in [0.3, 0.4) is 0 Å². The molecule has 1 fully saturated rings. The molecule has 0 bridgehead atoms. The predicted molar refractivity (Wildman–Crippen MR) is 113 cm³/mol. The molecule has 0 aliphatic carbocycles. The second-order valence-corrected chi connectivity index (χ2v) is 7.87. The Labute approximate surface area is 175 Å². The smallest absolute Gasteiger partial charge is 0.291 e. The van der Waals surface area contributed by atoms with Crippen LogP contribution in [0.4, 0.5) is 0 Å². The number of Topliss-reactive ketones (excluding diaryl/α,β-unsaturated/α-hetero) is 2. The number of furan rings is 1. The highest BCUT2D eigenvalue weighted by Crippen LogP contribution is 2.38. The highest BCUT2D eigenvalue weighted by atomic mass is 16.3. The van der Waals surface area contributed by atoms with Crippen LogP contribution in [0.5, 0.6) is 0 Å². The van der Waals surface area contributed by atoms with Crippen LogP contribution in [-0.4, -0.2) is 54.5 Å². The third kappa shape index (κ3) is 3.66. The van der Waals surface area contributed by atoms with Gasteiger partial charge < -0.3 is 14.2 Å². The molecule has 2 aromatic carbocycles. The molecule has 0 spiro atoms. The molecule has 1 aromatic heterocycles. The molecular weight excluding hydrogens is 380 g/mol. The summed E-state index contributed by atoms with van der Waals surface area (Å²) in [7, 11) is 3.92. The van der Waals surface area contributed by atoms with E-state index in [-0.39, 0.29) is 5.76 Å². The van der Waals surface area contributed by atoms with Crippen LogP contribution in [0, 0.1) is 5.92 Å². The van der Waals surface area contributed by atoms with Gasteiger partial charge in [0.25, 0.3) is 5.91 Å². The van der Waals surface area contributed by atoms with Gasteiger partial charge in [-0.05, 0) is 44.8 Å². The molecule has 1 aliphatic rings. The van der Waals surface area contributed by atoms with Crippen molar-refractivity contribution < 1.29 is 18.8 Å². The van der Waals surface area contributed by atoms with E-state index in [1.807, 2.05) is 67.5 Å². The average Bonchev–Trinajstić information content (AvgIpc) is 3.28. The highest BCUT2D eigenvalue weighted by Gasteiger charge is 2.52. The number of amides is 1. The van der Waals surface area contributed by atoms with Gasteiger partial charge in [0.2, 0.25) is 11.6 Å². The normalized spacial score (nSPS) is 19.2. The lowest BCUT2D eigenvalue weighted by Crippen LogP contribution is -2.33. The molecule has 30 heavy (non-hydrogen) atoms. The van der Waals surface area contributed by atoms with Gasteiger partial charge in [0, 0.05) is 11.9 Å². The molecular formula is C24H24N2O4. The number of rotatable bonds is 7. The van der Waals surface area contributed by atoms with E-state index in [0.717, 1.165) is 17.5 Å². The van der Waals surface area contributed by atoms with Gasteiger partial charge >= 0.3 is 0 Å². The molecule has 3 aromatic rings. The predicted octanol–water partition coefficient (Wildman–Crippen LogP) is 3.34. The monoisotopic (exact) mass is 404 g/mol. The Hall–Kier alpha value is -3.25. The summed E-state index contributed by atoms with van der Waals surface area (Å²) in [6.45, 7) is 1.19. The summed E-state index contributed by atoms with van der Waals surface area (Å²) >= 11 is 0. The maximum Gasteiger partial charge on any atom is 0.291 e. The Morgan fingerprint density at radius 2 is 1.73 bits per heavy atom. The van der Waals surface area contributed by atoms with Gasteiger partial charge in [-0.25, -0.2) is 0 Å². The van der Waals surface area contributed by atoms with Gasteiger partial charge in [0.05, 0.1) is 6.04 Å².